The maximum atomic E-state index is 12.0. The molecule has 4 aromatic rings. The highest BCUT2D eigenvalue weighted by atomic mass is 32.1. The highest BCUT2D eigenvalue weighted by molar-refractivity contribution is 7.59. The zero-order valence-electron chi connectivity index (χ0n) is 32.6. The molecule has 0 unspecified atom stereocenters. The van der Waals surface area contributed by atoms with Gasteiger partial charge >= 0.3 is 6.09 Å². The van der Waals surface area contributed by atoms with E-state index in [2.05, 4.69) is 66.0 Å². The first-order valence-corrected chi connectivity index (χ1v) is 18.5. The van der Waals surface area contributed by atoms with Gasteiger partial charge in [-0.2, -0.15) is 73.2 Å². The molecule has 0 aromatic carbocycles. The fourth-order valence-electron chi connectivity index (χ4n) is 7.19. The number of fused-ring (bicyclic) bond motifs is 2. The van der Waals surface area contributed by atoms with E-state index in [1.54, 1.807) is 6.20 Å². The lowest BCUT2D eigenvalue weighted by molar-refractivity contribution is 0.0505. The second kappa shape index (κ2) is 25.0. The minimum atomic E-state index is -0.478. The Hall–Kier alpha value is -2.53. The number of amides is 1. The van der Waals surface area contributed by atoms with Gasteiger partial charge in [-0.05, 0) is 85.0 Å². The normalized spacial score (nSPS) is 18.7. The van der Waals surface area contributed by atoms with Gasteiger partial charge in [-0.15, -0.1) is 0 Å². The number of hydrogen-bond acceptors (Lipinski definition) is 9. The monoisotopic (exact) mass is 842 g/mol. The third kappa shape index (κ3) is 14.7. The van der Waals surface area contributed by atoms with E-state index in [0.29, 0.717) is 23.9 Å². The molecule has 0 radical (unpaired) electrons. The number of rotatable bonds is 11. The summed E-state index contributed by atoms with van der Waals surface area (Å²) in [5, 5.41) is 19.1. The average Bonchev–Trinajstić information content (AvgIpc) is 3.87. The van der Waals surface area contributed by atoms with Crippen LogP contribution in [0, 0.1) is 0 Å². The van der Waals surface area contributed by atoms with Crippen LogP contribution in [0.25, 0.3) is 11.3 Å². The largest absolute Gasteiger partial charge is 0.444 e. The lowest BCUT2D eigenvalue weighted by Gasteiger charge is -2.22. The van der Waals surface area contributed by atoms with Crippen molar-refractivity contribution in [2.24, 2.45) is 5.73 Å². The van der Waals surface area contributed by atoms with Gasteiger partial charge in [-0.1, -0.05) is 42.5 Å². The third-order valence-electron chi connectivity index (χ3n) is 9.90. The van der Waals surface area contributed by atoms with Crippen LogP contribution in [0.2, 0.25) is 0 Å². The molecule has 5 N–H and O–H groups in total. The van der Waals surface area contributed by atoms with Crippen molar-refractivity contribution in [2.75, 3.05) is 10.6 Å². The van der Waals surface area contributed by atoms with Crippen molar-refractivity contribution in [3.8, 4) is 0 Å². The standard InChI is InChI=1S/C21H33N5O2.C16H25N5.2CH4.4H2S/c1-6-14(7-2)17-13-19(26-18(25-17)10-11-22-26)23-15-8-9-16(12-15)24-20(27)28-21(3,4)5;1-3-11(4-2)14-10-16(19-13-6-5-12(17)9-13)21-15(20-14)7-8-18-21;;;;;;/h10-11,13-16,23H,6-9,12H2,1-5H3,(H,24,27);7-8,10-13,19H,3-6,9,17H2,1-2H3;2*1H4;4*1H2/t15-,16-;12-,13-;;;;;;/m00....../s1. The Kier molecular flexibility index (Phi) is 24.8. The summed E-state index contributed by atoms with van der Waals surface area (Å²) in [7, 11) is 0. The lowest BCUT2D eigenvalue weighted by atomic mass is 9.99. The summed E-state index contributed by atoms with van der Waals surface area (Å²) < 4.78 is 9.13. The highest BCUT2D eigenvalue weighted by Crippen LogP contribution is 2.29. The molecule has 12 nitrogen and oxygen atoms in total. The van der Waals surface area contributed by atoms with E-state index in [1.165, 1.54) is 0 Å². The summed E-state index contributed by atoms with van der Waals surface area (Å²) >= 11 is 0. The number of nitrogens with one attached hydrogen (secondary N) is 3. The second-order valence-corrected chi connectivity index (χ2v) is 14.8. The molecule has 2 aliphatic rings. The van der Waals surface area contributed by atoms with E-state index >= 15 is 0 Å². The zero-order chi connectivity index (χ0) is 35.1. The summed E-state index contributed by atoms with van der Waals surface area (Å²) in [5.41, 5.74) is 9.61. The van der Waals surface area contributed by atoms with Crippen LogP contribution >= 0.6 is 54.0 Å². The van der Waals surface area contributed by atoms with E-state index < -0.39 is 5.60 Å². The van der Waals surface area contributed by atoms with Gasteiger partial charge in [0.1, 0.15) is 17.2 Å². The van der Waals surface area contributed by atoms with E-state index in [-0.39, 0.29) is 87.0 Å². The molecule has 4 heterocycles. The van der Waals surface area contributed by atoms with E-state index in [1.807, 2.05) is 48.1 Å². The smallest absolute Gasteiger partial charge is 0.407 e. The Labute approximate surface area is 358 Å². The Morgan fingerprint density at radius 1 is 0.745 bits per heavy atom. The van der Waals surface area contributed by atoms with Crippen molar-refractivity contribution in [2.45, 2.75) is 169 Å². The van der Waals surface area contributed by atoms with Gasteiger partial charge < -0.3 is 26.4 Å². The number of anilines is 2. The molecule has 0 spiro atoms. The summed E-state index contributed by atoms with van der Waals surface area (Å²) in [6, 6.07) is 9.40. The number of carbonyl (C=O) groups is 1. The fraction of sp³-hybridized carbons (Fsp3) is 0.667. The van der Waals surface area contributed by atoms with Gasteiger partial charge in [0.2, 0.25) is 0 Å². The van der Waals surface area contributed by atoms with Crippen LogP contribution < -0.4 is 21.7 Å². The second-order valence-electron chi connectivity index (χ2n) is 14.8. The third-order valence-corrected chi connectivity index (χ3v) is 9.90. The molecule has 0 saturated heterocycles. The first-order chi connectivity index (χ1) is 23.5. The van der Waals surface area contributed by atoms with Crippen molar-refractivity contribution in [3.63, 3.8) is 0 Å². The Balaban J connectivity index is 0. The van der Waals surface area contributed by atoms with Gasteiger partial charge in [-0.25, -0.2) is 14.8 Å². The molecule has 0 aliphatic heterocycles. The molecule has 0 bridgehead atoms. The first kappa shape index (κ1) is 54.6. The van der Waals surface area contributed by atoms with Crippen LogP contribution in [0.3, 0.4) is 0 Å². The quantitative estimate of drug-likeness (QED) is 0.116. The van der Waals surface area contributed by atoms with E-state index in [0.717, 1.165) is 98.5 Å². The van der Waals surface area contributed by atoms with Crippen LogP contribution in [-0.2, 0) is 4.74 Å². The summed E-state index contributed by atoms with van der Waals surface area (Å²) in [6.45, 7) is 14.5. The van der Waals surface area contributed by atoms with Gasteiger partial charge in [0.05, 0.1) is 12.4 Å². The van der Waals surface area contributed by atoms with Crippen molar-refractivity contribution >= 4 is 83.0 Å². The van der Waals surface area contributed by atoms with Crippen LogP contribution in [0.1, 0.15) is 151 Å². The molecule has 4 atom stereocenters. The molecule has 2 aliphatic carbocycles. The number of nitrogens with zero attached hydrogens (tertiary/aromatic N) is 6. The number of hydrogen-bond donors (Lipinski definition) is 4. The number of ether oxygens (including phenoxy) is 1. The predicted molar refractivity (Wildman–Crippen MR) is 251 cm³/mol. The lowest BCUT2D eigenvalue weighted by Crippen LogP contribution is -2.38. The van der Waals surface area contributed by atoms with Gasteiger partial charge in [-0.3, -0.25) is 0 Å². The van der Waals surface area contributed by atoms with Crippen molar-refractivity contribution in [3.05, 3.63) is 48.0 Å². The minimum absolute atomic E-state index is 0. The van der Waals surface area contributed by atoms with Crippen molar-refractivity contribution < 1.29 is 9.53 Å². The molecule has 316 valence electrons. The van der Waals surface area contributed by atoms with E-state index in [4.69, 9.17) is 20.4 Å². The molecule has 4 aromatic heterocycles. The minimum Gasteiger partial charge on any atom is -0.444 e. The molecular weight excluding hydrogens is 769 g/mol. The van der Waals surface area contributed by atoms with Gasteiger partial charge in [0.15, 0.2) is 11.3 Å². The molecular formula is C39H74N10O2S4. The number of nitrogens with two attached hydrogens (primary N) is 1. The topological polar surface area (TPSA) is 149 Å². The highest BCUT2D eigenvalue weighted by Gasteiger charge is 2.29. The van der Waals surface area contributed by atoms with E-state index in [9.17, 15) is 4.79 Å². The molecule has 2 fully saturated rings. The fourth-order valence-corrected chi connectivity index (χ4v) is 7.19. The maximum absolute atomic E-state index is 12.0. The summed E-state index contributed by atoms with van der Waals surface area (Å²) in [4.78, 5) is 21.6. The zero-order valence-corrected chi connectivity index (χ0v) is 36.6. The molecule has 6 rings (SSSR count). The summed E-state index contributed by atoms with van der Waals surface area (Å²) in [6.07, 6.45) is 13.7. The van der Waals surface area contributed by atoms with Crippen molar-refractivity contribution in [1.82, 2.24) is 34.5 Å². The van der Waals surface area contributed by atoms with Crippen LogP contribution in [0.4, 0.5) is 16.4 Å². The van der Waals surface area contributed by atoms with Gasteiger partial charge in [0, 0.05) is 71.7 Å². The Morgan fingerprint density at radius 2 is 1.16 bits per heavy atom. The average molecular weight is 843 g/mol. The molecule has 16 heteroatoms. The maximum Gasteiger partial charge on any atom is 0.407 e. The predicted octanol–water partition coefficient (Wildman–Crippen LogP) is 9.14. The first-order valence-electron chi connectivity index (χ1n) is 18.5. The Bertz CT molecular complexity index is 1670. The molecule has 1 amide bonds. The summed E-state index contributed by atoms with van der Waals surface area (Å²) in [5.74, 6) is 2.98. The van der Waals surface area contributed by atoms with Crippen molar-refractivity contribution in [1.29, 1.82) is 0 Å². The number of carbonyl (C=O) groups excluding carboxylic acids is 1. The molecule has 55 heavy (non-hydrogen) atoms. The van der Waals surface area contributed by atoms with Crippen LogP contribution in [0.15, 0.2) is 36.7 Å². The molecule has 2 saturated carbocycles. The number of aromatic nitrogens is 6. The number of alkyl carbamates (subject to hydrolysis) is 1. The SMILES string of the molecule is C.C.CCC(CC)c1cc(N[C@H]2CC[C@H](N)C2)n2nccc2n1.CCC(CC)c1cc(N[C@H]2CC[C@H](NC(=O)OC(C)(C)C)C2)n2nccc2n1.S.S.S.S. The van der Waals surface area contributed by atoms with Gasteiger partial charge in [0.25, 0.3) is 0 Å². The van der Waals surface area contributed by atoms with Crippen LogP contribution in [-0.4, -0.2) is 65.1 Å². The van der Waals surface area contributed by atoms with Crippen LogP contribution in [0.5, 0.6) is 0 Å². The Morgan fingerprint density at radius 3 is 1.56 bits per heavy atom.